The van der Waals surface area contributed by atoms with Crippen molar-refractivity contribution in [3.8, 4) is 0 Å². The summed E-state index contributed by atoms with van der Waals surface area (Å²) in [7, 11) is 0. The molecule has 5 heteroatoms. The van der Waals surface area contributed by atoms with Crippen LogP contribution in [0.5, 0.6) is 0 Å². The third kappa shape index (κ3) is 4.84. The normalized spacial score (nSPS) is 12.3. The van der Waals surface area contributed by atoms with E-state index in [4.69, 9.17) is 5.11 Å². The van der Waals surface area contributed by atoms with Crippen LogP contribution in [-0.4, -0.2) is 23.0 Å². The summed E-state index contributed by atoms with van der Waals surface area (Å²) >= 11 is 0. The van der Waals surface area contributed by atoms with Crippen molar-refractivity contribution >= 4 is 18.0 Å². The number of carboxylic acid groups (broad SMARTS) is 1. The van der Waals surface area contributed by atoms with Gasteiger partial charge in [0.25, 0.3) is 5.91 Å². The third-order valence-electron chi connectivity index (χ3n) is 2.76. The second-order valence-corrected chi connectivity index (χ2v) is 4.57. The predicted octanol–water partition coefficient (Wildman–Crippen LogP) is 2.84. The maximum atomic E-state index is 13.8. The van der Waals surface area contributed by atoms with Gasteiger partial charge in [-0.2, -0.15) is 0 Å². The van der Waals surface area contributed by atoms with Gasteiger partial charge in [-0.05, 0) is 37.1 Å². The molecule has 0 fully saturated rings. The largest absolute Gasteiger partial charge is 0.478 e. The van der Waals surface area contributed by atoms with E-state index in [2.05, 4.69) is 5.32 Å². The Morgan fingerprint density at radius 2 is 2.15 bits per heavy atom. The standard InChI is InChI=1S/C15H18FNO3/c1-3-4-10(2)17-15(20)12-7-5-11(9-13(12)16)6-8-14(18)19/h5-10H,3-4H2,1-2H3,(H,17,20)(H,18,19). The minimum absolute atomic E-state index is 0.0153. The van der Waals surface area contributed by atoms with Crippen molar-refractivity contribution in [1.82, 2.24) is 5.32 Å². The van der Waals surface area contributed by atoms with Crippen molar-refractivity contribution in [2.45, 2.75) is 32.7 Å². The molecule has 0 spiro atoms. The van der Waals surface area contributed by atoms with Crippen LogP contribution in [-0.2, 0) is 4.79 Å². The molecular formula is C15H18FNO3. The first kappa shape index (κ1) is 15.9. The number of hydrogen-bond donors (Lipinski definition) is 2. The number of aliphatic carboxylic acids is 1. The zero-order valence-corrected chi connectivity index (χ0v) is 11.5. The average molecular weight is 279 g/mol. The number of nitrogens with one attached hydrogen (secondary N) is 1. The van der Waals surface area contributed by atoms with E-state index in [0.29, 0.717) is 5.56 Å². The maximum absolute atomic E-state index is 13.8. The quantitative estimate of drug-likeness (QED) is 0.787. The first-order valence-corrected chi connectivity index (χ1v) is 6.45. The molecule has 0 heterocycles. The van der Waals surface area contributed by atoms with Crippen LogP contribution in [0.3, 0.4) is 0 Å². The Morgan fingerprint density at radius 1 is 1.45 bits per heavy atom. The first-order valence-electron chi connectivity index (χ1n) is 6.45. The SMILES string of the molecule is CCCC(C)NC(=O)c1ccc(C=CC(=O)O)cc1F. The van der Waals surface area contributed by atoms with Crippen LogP contribution >= 0.6 is 0 Å². The molecule has 0 aliphatic carbocycles. The molecule has 1 aromatic rings. The van der Waals surface area contributed by atoms with Crippen molar-refractivity contribution in [2.75, 3.05) is 0 Å². The molecule has 2 N–H and O–H groups in total. The van der Waals surface area contributed by atoms with Gasteiger partial charge < -0.3 is 10.4 Å². The lowest BCUT2D eigenvalue weighted by Crippen LogP contribution is -2.32. The lowest BCUT2D eigenvalue weighted by atomic mass is 10.1. The summed E-state index contributed by atoms with van der Waals surface area (Å²) in [6.45, 7) is 3.87. The Hall–Kier alpha value is -2.17. The van der Waals surface area contributed by atoms with E-state index in [9.17, 15) is 14.0 Å². The van der Waals surface area contributed by atoms with Crippen molar-refractivity contribution in [1.29, 1.82) is 0 Å². The molecule has 0 bridgehead atoms. The van der Waals surface area contributed by atoms with Crippen molar-refractivity contribution in [2.24, 2.45) is 0 Å². The number of carboxylic acids is 1. The van der Waals surface area contributed by atoms with Gasteiger partial charge in [-0.25, -0.2) is 9.18 Å². The van der Waals surface area contributed by atoms with Gasteiger partial charge in [-0.1, -0.05) is 19.4 Å². The molecule has 0 aromatic heterocycles. The first-order chi connectivity index (χ1) is 9.43. The summed E-state index contributed by atoms with van der Waals surface area (Å²) < 4.78 is 13.8. The molecule has 0 aliphatic heterocycles. The molecule has 0 radical (unpaired) electrons. The molecule has 108 valence electrons. The van der Waals surface area contributed by atoms with Gasteiger partial charge in [0, 0.05) is 12.1 Å². The molecule has 1 amide bonds. The zero-order valence-electron chi connectivity index (χ0n) is 11.5. The minimum atomic E-state index is -1.11. The van der Waals surface area contributed by atoms with Crippen LogP contribution in [0.15, 0.2) is 24.3 Å². The van der Waals surface area contributed by atoms with Crippen molar-refractivity contribution < 1.29 is 19.1 Å². The van der Waals surface area contributed by atoms with E-state index in [1.54, 1.807) is 0 Å². The summed E-state index contributed by atoms with van der Waals surface area (Å²) in [5.74, 6) is -2.24. The van der Waals surface area contributed by atoms with E-state index in [0.717, 1.165) is 25.0 Å². The minimum Gasteiger partial charge on any atom is -0.478 e. The summed E-state index contributed by atoms with van der Waals surface area (Å²) in [4.78, 5) is 22.2. The number of benzene rings is 1. The summed E-state index contributed by atoms with van der Waals surface area (Å²) in [5, 5.41) is 11.2. The topological polar surface area (TPSA) is 66.4 Å². The van der Waals surface area contributed by atoms with E-state index < -0.39 is 17.7 Å². The molecular weight excluding hydrogens is 261 g/mol. The Bertz CT molecular complexity index is 526. The fourth-order valence-electron chi connectivity index (χ4n) is 1.79. The number of carbonyl (C=O) groups excluding carboxylic acids is 1. The number of carbonyl (C=O) groups is 2. The van der Waals surface area contributed by atoms with Gasteiger partial charge in [0.2, 0.25) is 0 Å². The molecule has 0 saturated carbocycles. The second kappa shape index (κ2) is 7.43. The average Bonchev–Trinajstić information content (AvgIpc) is 2.36. The highest BCUT2D eigenvalue weighted by Crippen LogP contribution is 2.12. The Morgan fingerprint density at radius 3 is 2.70 bits per heavy atom. The van der Waals surface area contributed by atoms with Gasteiger partial charge >= 0.3 is 5.97 Å². The molecule has 0 saturated heterocycles. The Labute approximate surface area is 117 Å². The van der Waals surface area contributed by atoms with Crippen LogP contribution in [0.4, 0.5) is 4.39 Å². The molecule has 1 unspecified atom stereocenters. The van der Waals surface area contributed by atoms with Gasteiger partial charge in [-0.3, -0.25) is 4.79 Å². The smallest absolute Gasteiger partial charge is 0.328 e. The third-order valence-corrected chi connectivity index (χ3v) is 2.76. The maximum Gasteiger partial charge on any atom is 0.328 e. The zero-order chi connectivity index (χ0) is 15.1. The van der Waals surface area contributed by atoms with E-state index in [-0.39, 0.29) is 11.6 Å². The summed E-state index contributed by atoms with van der Waals surface area (Å²) in [6, 6.07) is 3.98. The number of rotatable bonds is 6. The highest BCUT2D eigenvalue weighted by Gasteiger charge is 2.13. The fourth-order valence-corrected chi connectivity index (χ4v) is 1.79. The van der Waals surface area contributed by atoms with Crippen LogP contribution in [0.1, 0.15) is 42.6 Å². The monoisotopic (exact) mass is 279 g/mol. The lowest BCUT2D eigenvalue weighted by molar-refractivity contribution is -0.131. The molecule has 4 nitrogen and oxygen atoms in total. The Kier molecular flexibility index (Phi) is 5.90. The number of halogens is 1. The van der Waals surface area contributed by atoms with Crippen LogP contribution < -0.4 is 5.32 Å². The van der Waals surface area contributed by atoms with Gasteiger partial charge in [-0.15, -0.1) is 0 Å². The van der Waals surface area contributed by atoms with Crippen LogP contribution in [0.2, 0.25) is 0 Å². The molecule has 0 aliphatic rings. The molecule has 20 heavy (non-hydrogen) atoms. The molecule has 1 atom stereocenters. The lowest BCUT2D eigenvalue weighted by Gasteiger charge is -2.13. The highest BCUT2D eigenvalue weighted by molar-refractivity contribution is 5.95. The van der Waals surface area contributed by atoms with Crippen molar-refractivity contribution in [3.63, 3.8) is 0 Å². The predicted molar refractivity (Wildman–Crippen MR) is 74.9 cm³/mol. The highest BCUT2D eigenvalue weighted by atomic mass is 19.1. The molecule has 1 rings (SSSR count). The van der Waals surface area contributed by atoms with E-state index >= 15 is 0 Å². The second-order valence-electron chi connectivity index (χ2n) is 4.57. The van der Waals surface area contributed by atoms with E-state index in [1.165, 1.54) is 18.2 Å². The van der Waals surface area contributed by atoms with E-state index in [1.807, 2.05) is 13.8 Å². The number of amides is 1. The van der Waals surface area contributed by atoms with Crippen LogP contribution in [0.25, 0.3) is 6.08 Å². The van der Waals surface area contributed by atoms with Crippen LogP contribution in [0, 0.1) is 5.82 Å². The fraction of sp³-hybridized carbons (Fsp3) is 0.333. The van der Waals surface area contributed by atoms with Gasteiger partial charge in [0.15, 0.2) is 0 Å². The summed E-state index contributed by atoms with van der Waals surface area (Å²) in [6.07, 6.45) is 3.94. The van der Waals surface area contributed by atoms with Gasteiger partial charge in [0.05, 0.1) is 5.56 Å². The Balaban J connectivity index is 2.82. The summed E-state index contributed by atoms with van der Waals surface area (Å²) in [5.41, 5.74) is 0.350. The van der Waals surface area contributed by atoms with Gasteiger partial charge in [0.1, 0.15) is 5.82 Å². The van der Waals surface area contributed by atoms with Crippen molar-refractivity contribution in [3.05, 3.63) is 41.2 Å². The number of hydrogen-bond acceptors (Lipinski definition) is 2. The molecule has 1 aromatic carbocycles.